The predicted octanol–water partition coefficient (Wildman–Crippen LogP) is 3.71. The van der Waals surface area contributed by atoms with Crippen molar-refractivity contribution in [2.75, 3.05) is 11.9 Å². The van der Waals surface area contributed by atoms with Gasteiger partial charge in [0.15, 0.2) is 0 Å². The fourth-order valence-electron chi connectivity index (χ4n) is 2.52. The fourth-order valence-corrected chi connectivity index (χ4v) is 3.53. The topological polar surface area (TPSA) is 78.4 Å². The highest BCUT2D eigenvalue weighted by molar-refractivity contribution is 14.1. The van der Waals surface area contributed by atoms with Crippen LogP contribution in [-0.4, -0.2) is 23.7 Å². The number of halogens is 2. The number of hydrogen-bond donors (Lipinski definition) is 3. The van der Waals surface area contributed by atoms with E-state index in [-0.39, 0.29) is 6.54 Å². The second kappa shape index (κ2) is 6.83. The molecule has 1 saturated carbocycles. The number of anilines is 1. The highest BCUT2D eigenvalue weighted by Crippen LogP contribution is 2.37. The lowest BCUT2D eigenvalue weighted by Crippen LogP contribution is -2.42. The third-order valence-electron chi connectivity index (χ3n) is 3.78. The van der Waals surface area contributed by atoms with Crippen molar-refractivity contribution >= 4 is 51.9 Å². The lowest BCUT2D eigenvalue weighted by atomic mass is 9.86. The quantitative estimate of drug-likeness (QED) is 0.647. The van der Waals surface area contributed by atoms with E-state index in [1.807, 2.05) is 0 Å². The Labute approximate surface area is 141 Å². The summed E-state index contributed by atoms with van der Waals surface area (Å²) < 4.78 is 0.823. The van der Waals surface area contributed by atoms with Crippen LogP contribution in [-0.2, 0) is 4.79 Å². The van der Waals surface area contributed by atoms with E-state index in [4.69, 9.17) is 11.6 Å². The first-order valence-corrected chi connectivity index (χ1v) is 8.12. The van der Waals surface area contributed by atoms with E-state index >= 15 is 0 Å². The van der Waals surface area contributed by atoms with Crippen molar-refractivity contribution in [3.05, 3.63) is 26.8 Å². The van der Waals surface area contributed by atoms with Gasteiger partial charge >= 0.3 is 12.0 Å². The van der Waals surface area contributed by atoms with Crippen LogP contribution < -0.4 is 10.6 Å². The van der Waals surface area contributed by atoms with Gasteiger partial charge in [0, 0.05) is 15.1 Å². The Bertz CT molecular complexity index is 559. The summed E-state index contributed by atoms with van der Waals surface area (Å²) >= 11 is 7.93. The Kier molecular flexibility index (Phi) is 5.32. The average molecular weight is 423 g/mol. The summed E-state index contributed by atoms with van der Waals surface area (Å²) in [4.78, 5) is 23.3. The number of benzene rings is 1. The molecule has 0 radical (unpaired) electrons. The molecule has 0 saturated heterocycles. The van der Waals surface area contributed by atoms with E-state index in [0.29, 0.717) is 23.6 Å². The zero-order valence-corrected chi connectivity index (χ0v) is 14.2. The van der Waals surface area contributed by atoms with E-state index in [1.165, 1.54) is 0 Å². The van der Waals surface area contributed by atoms with E-state index in [1.54, 1.807) is 18.2 Å². The van der Waals surface area contributed by atoms with Crippen LogP contribution in [0.5, 0.6) is 0 Å². The van der Waals surface area contributed by atoms with Gasteiger partial charge in [-0.2, -0.15) is 0 Å². The lowest BCUT2D eigenvalue weighted by molar-refractivity contribution is -0.148. The second-order valence-electron chi connectivity index (χ2n) is 5.22. The molecule has 0 heterocycles. The lowest BCUT2D eigenvalue weighted by Gasteiger charge is -2.24. The standard InChI is InChI=1S/C14H16ClIN2O3/c15-9-3-4-11(10(16)7-9)18-13(21)17-8-14(12(19)20)5-1-2-6-14/h3-4,7H,1-2,5-6,8H2,(H,19,20)(H2,17,18,21). The molecule has 1 fully saturated rings. The average Bonchev–Trinajstić information content (AvgIpc) is 2.90. The van der Waals surface area contributed by atoms with Crippen molar-refractivity contribution in [2.24, 2.45) is 5.41 Å². The Morgan fingerprint density at radius 1 is 1.33 bits per heavy atom. The highest BCUT2D eigenvalue weighted by atomic mass is 127. The van der Waals surface area contributed by atoms with Crippen molar-refractivity contribution < 1.29 is 14.7 Å². The molecule has 2 amide bonds. The van der Waals surface area contributed by atoms with Gasteiger partial charge in [-0.05, 0) is 53.6 Å². The first kappa shape index (κ1) is 16.4. The maximum atomic E-state index is 11.9. The predicted molar refractivity (Wildman–Crippen MR) is 89.7 cm³/mol. The Balaban J connectivity index is 1.94. The molecule has 0 bridgehead atoms. The zero-order chi connectivity index (χ0) is 15.5. The number of carboxylic acid groups (broad SMARTS) is 1. The molecular formula is C14H16ClIN2O3. The largest absolute Gasteiger partial charge is 0.481 e. The number of aliphatic carboxylic acids is 1. The van der Waals surface area contributed by atoms with Gasteiger partial charge in [-0.25, -0.2) is 4.79 Å². The van der Waals surface area contributed by atoms with E-state index < -0.39 is 17.4 Å². The fraction of sp³-hybridized carbons (Fsp3) is 0.429. The minimum Gasteiger partial charge on any atom is -0.481 e. The summed E-state index contributed by atoms with van der Waals surface area (Å²) in [5, 5.41) is 15.3. The van der Waals surface area contributed by atoms with Crippen LogP contribution in [0.25, 0.3) is 0 Å². The smallest absolute Gasteiger partial charge is 0.319 e. The van der Waals surface area contributed by atoms with Crippen LogP contribution in [0.1, 0.15) is 25.7 Å². The maximum absolute atomic E-state index is 11.9. The molecule has 0 spiro atoms. The molecule has 2 rings (SSSR count). The van der Waals surface area contributed by atoms with Crippen LogP contribution >= 0.6 is 34.2 Å². The molecule has 1 aromatic carbocycles. The van der Waals surface area contributed by atoms with E-state index in [0.717, 1.165) is 16.4 Å². The Morgan fingerprint density at radius 3 is 2.57 bits per heavy atom. The molecule has 5 nitrogen and oxygen atoms in total. The second-order valence-corrected chi connectivity index (χ2v) is 6.82. The number of urea groups is 1. The number of nitrogens with one attached hydrogen (secondary N) is 2. The van der Waals surface area contributed by atoms with E-state index in [9.17, 15) is 14.7 Å². The molecule has 21 heavy (non-hydrogen) atoms. The van der Waals surface area contributed by atoms with Gasteiger partial charge in [0.2, 0.25) is 0 Å². The third-order valence-corrected chi connectivity index (χ3v) is 4.91. The summed E-state index contributed by atoms with van der Waals surface area (Å²) in [5.41, 5.74) is -0.168. The molecule has 0 unspecified atom stereocenters. The number of carbonyl (C=O) groups is 2. The molecule has 7 heteroatoms. The summed E-state index contributed by atoms with van der Waals surface area (Å²) in [6.45, 7) is 0.151. The van der Waals surface area contributed by atoms with Gasteiger partial charge in [-0.15, -0.1) is 0 Å². The SMILES string of the molecule is O=C(NCC1(C(=O)O)CCCC1)Nc1ccc(Cl)cc1I. The number of carboxylic acids is 1. The molecule has 1 aromatic rings. The van der Waals surface area contributed by atoms with Gasteiger partial charge in [-0.1, -0.05) is 24.4 Å². The summed E-state index contributed by atoms with van der Waals surface area (Å²) in [5.74, 6) is -0.832. The Morgan fingerprint density at radius 2 is 2.00 bits per heavy atom. The van der Waals surface area contributed by atoms with Crippen molar-refractivity contribution in [1.82, 2.24) is 5.32 Å². The van der Waals surface area contributed by atoms with Gasteiger partial charge in [0.25, 0.3) is 0 Å². The van der Waals surface area contributed by atoms with Gasteiger partial charge in [-0.3, -0.25) is 4.79 Å². The normalized spacial score (nSPS) is 16.5. The van der Waals surface area contributed by atoms with Gasteiger partial charge < -0.3 is 15.7 Å². The number of hydrogen-bond acceptors (Lipinski definition) is 2. The molecule has 0 aliphatic heterocycles. The van der Waals surface area contributed by atoms with Crippen LogP contribution in [0, 0.1) is 8.99 Å². The molecular weight excluding hydrogens is 407 g/mol. The van der Waals surface area contributed by atoms with Crippen molar-refractivity contribution in [3.8, 4) is 0 Å². The van der Waals surface area contributed by atoms with Gasteiger partial charge in [0.05, 0.1) is 11.1 Å². The zero-order valence-electron chi connectivity index (χ0n) is 11.3. The monoisotopic (exact) mass is 422 g/mol. The van der Waals surface area contributed by atoms with Crippen molar-refractivity contribution in [2.45, 2.75) is 25.7 Å². The number of amides is 2. The first-order valence-electron chi connectivity index (χ1n) is 6.66. The van der Waals surface area contributed by atoms with Crippen LogP contribution in [0.2, 0.25) is 5.02 Å². The molecule has 3 N–H and O–H groups in total. The van der Waals surface area contributed by atoms with E-state index in [2.05, 4.69) is 33.2 Å². The third kappa shape index (κ3) is 4.00. The van der Waals surface area contributed by atoms with Crippen molar-refractivity contribution in [1.29, 1.82) is 0 Å². The first-order chi connectivity index (χ1) is 9.93. The highest BCUT2D eigenvalue weighted by Gasteiger charge is 2.41. The molecule has 1 aliphatic carbocycles. The minimum absolute atomic E-state index is 0.151. The molecule has 0 aromatic heterocycles. The number of carbonyl (C=O) groups excluding carboxylic acids is 1. The van der Waals surface area contributed by atoms with Crippen LogP contribution in [0.4, 0.5) is 10.5 Å². The molecule has 0 atom stereocenters. The maximum Gasteiger partial charge on any atom is 0.319 e. The summed E-state index contributed by atoms with van der Waals surface area (Å²) in [7, 11) is 0. The summed E-state index contributed by atoms with van der Waals surface area (Å²) in [6, 6.07) is 4.75. The summed E-state index contributed by atoms with van der Waals surface area (Å²) in [6.07, 6.45) is 3.01. The Hall–Kier alpha value is -1.02. The van der Waals surface area contributed by atoms with Crippen molar-refractivity contribution in [3.63, 3.8) is 0 Å². The molecule has 1 aliphatic rings. The molecule has 114 valence electrons. The number of rotatable bonds is 4. The minimum atomic E-state index is -0.832. The van der Waals surface area contributed by atoms with Gasteiger partial charge in [0.1, 0.15) is 0 Å². The van der Waals surface area contributed by atoms with Crippen LogP contribution in [0.15, 0.2) is 18.2 Å². The van der Waals surface area contributed by atoms with Crippen LogP contribution in [0.3, 0.4) is 0 Å².